The van der Waals surface area contributed by atoms with Crippen molar-refractivity contribution in [3.05, 3.63) is 24.0 Å². The number of carbonyl (C=O) groups excluding carboxylic acids is 1. The van der Waals surface area contributed by atoms with Crippen LogP contribution >= 0.6 is 0 Å². The number of halogens is 1. The molecule has 0 aromatic heterocycles. The lowest BCUT2D eigenvalue weighted by molar-refractivity contribution is -0.116. The van der Waals surface area contributed by atoms with Gasteiger partial charge in [0.05, 0.1) is 12.8 Å². The molecule has 0 aliphatic carbocycles. The Labute approximate surface area is 93.6 Å². The van der Waals surface area contributed by atoms with E-state index in [1.165, 1.54) is 25.3 Å². The highest BCUT2D eigenvalue weighted by Crippen LogP contribution is 2.24. The molecule has 5 heteroatoms. The van der Waals surface area contributed by atoms with Gasteiger partial charge < -0.3 is 15.8 Å². The van der Waals surface area contributed by atoms with Crippen LogP contribution < -0.4 is 15.8 Å². The van der Waals surface area contributed by atoms with E-state index in [0.717, 1.165) is 0 Å². The number of benzene rings is 1. The zero-order chi connectivity index (χ0) is 12.0. The van der Waals surface area contributed by atoms with Crippen molar-refractivity contribution < 1.29 is 13.9 Å². The lowest BCUT2D eigenvalue weighted by atomic mass is 10.2. The number of methoxy groups -OCH3 is 1. The molecular formula is C11H15FN2O2. The van der Waals surface area contributed by atoms with Crippen molar-refractivity contribution in [1.29, 1.82) is 0 Å². The van der Waals surface area contributed by atoms with Crippen molar-refractivity contribution in [2.45, 2.75) is 12.8 Å². The quantitative estimate of drug-likeness (QED) is 0.799. The van der Waals surface area contributed by atoms with Crippen LogP contribution in [0.15, 0.2) is 18.2 Å². The predicted molar refractivity (Wildman–Crippen MR) is 59.9 cm³/mol. The average molecular weight is 226 g/mol. The topological polar surface area (TPSA) is 64.3 Å². The Hall–Kier alpha value is -1.62. The minimum Gasteiger partial charge on any atom is -0.494 e. The normalized spacial score (nSPS) is 9.94. The summed E-state index contributed by atoms with van der Waals surface area (Å²) in [6.07, 6.45) is 0.965. The van der Waals surface area contributed by atoms with E-state index >= 15 is 0 Å². The van der Waals surface area contributed by atoms with Gasteiger partial charge in [0, 0.05) is 12.5 Å². The molecule has 0 heterocycles. The van der Waals surface area contributed by atoms with Gasteiger partial charge in [-0.15, -0.1) is 0 Å². The van der Waals surface area contributed by atoms with Crippen LogP contribution in [-0.2, 0) is 4.79 Å². The third-order valence-electron chi connectivity index (χ3n) is 2.05. The fourth-order valence-electron chi connectivity index (χ4n) is 1.24. The summed E-state index contributed by atoms with van der Waals surface area (Å²) in [7, 11) is 1.42. The van der Waals surface area contributed by atoms with Gasteiger partial charge in [-0.25, -0.2) is 4.39 Å². The lowest BCUT2D eigenvalue weighted by Gasteiger charge is -2.09. The number of amides is 1. The summed E-state index contributed by atoms with van der Waals surface area (Å²) in [5.41, 5.74) is 5.76. The molecule has 4 nitrogen and oxygen atoms in total. The lowest BCUT2D eigenvalue weighted by Crippen LogP contribution is -2.14. The fraction of sp³-hybridized carbons (Fsp3) is 0.364. The van der Waals surface area contributed by atoms with Gasteiger partial charge in [-0.2, -0.15) is 0 Å². The van der Waals surface area contributed by atoms with Crippen molar-refractivity contribution in [2.75, 3.05) is 19.0 Å². The van der Waals surface area contributed by atoms with E-state index in [-0.39, 0.29) is 5.91 Å². The highest BCUT2D eigenvalue weighted by Gasteiger charge is 2.07. The predicted octanol–water partition coefficient (Wildman–Crippen LogP) is 1.51. The molecule has 0 unspecified atom stereocenters. The first kappa shape index (κ1) is 12.4. The van der Waals surface area contributed by atoms with Crippen molar-refractivity contribution in [2.24, 2.45) is 5.73 Å². The average Bonchev–Trinajstić information content (AvgIpc) is 2.28. The van der Waals surface area contributed by atoms with Gasteiger partial charge in [-0.3, -0.25) is 4.79 Å². The van der Waals surface area contributed by atoms with Gasteiger partial charge in [0.2, 0.25) is 5.91 Å². The second kappa shape index (κ2) is 6.07. The standard InChI is InChI=1S/C11H15FN2O2/c1-16-10-7-8(12)4-5-9(10)14-11(15)3-2-6-13/h4-5,7H,2-3,6,13H2,1H3,(H,14,15). The molecule has 0 fully saturated rings. The van der Waals surface area contributed by atoms with Crippen molar-refractivity contribution >= 4 is 11.6 Å². The molecular weight excluding hydrogens is 211 g/mol. The molecule has 0 bridgehead atoms. The minimum atomic E-state index is -0.406. The smallest absolute Gasteiger partial charge is 0.224 e. The summed E-state index contributed by atoms with van der Waals surface area (Å²) in [5, 5.41) is 2.64. The van der Waals surface area contributed by atoms with E-state index in [2.05, 4.69) is 5.32 Å². The molecule has 0 saturated heterocycles. The highest BCUT2D eigenvalue weighted by atomic mass is 19.1. The third-order valence-corrected chi connectivity index (χ3v) is 2.05. The molecule has 0 aliphatic heterocycles. The molecule has 16 heavy (non-hydrogen) atoms. The molecule has 1 amide bonds. The third kappa shape index (κ3) is 3.51. The molecule has 1 rings (SSSR count). The van der Waals surface area contributed by atoms with E-state index in [1.54, 1.807) is 0 Å². The number of nitrogens with two attached hydrogens (primary N) is 1. The largest absolute Gasteiger partial charge is 0.494 e. The number of hydrogen-bond acceptors (Lipinski definition) is 3. The summed E-state index contributed by atoms with van der Waals surface area (Å²) in [4.78, 5) is 11.4. The Kier molecular flexibility index (Phi) is 4.72. The molecule has 88 valence electrons. The number of hydrogen-bond donors (Lipinski definition) is 2. The molecule has 3 N–H and O–H groups in total. The number of anilines is 1. The van der Waals surface area contributed by atoms with Crippen LogP contribution in [0.5, 0.6) is 5.75 Å². The summed E-state index contributed by atoms with van der Waals surface area (Å²) >= 11 is 0. The van der Waals surface area contributed by atoms with E-state index in [0.29, 0.717) is 30.8 Å². The van der Waals surface area contributed by atoms with Crippen molar-refractivity contribution in [3.8, 4) is 5.75 Å². The second-order valence-electron chi connectivity index (χ2n) is 3.29. The molecule has 0 saturated carbocycles. The van der Waals surface area contributed by atoms with Gasteiger partial charge in [-0.1, -0.05) is 0 Å². The summed E-state index contributed by atoms with van der Waals surface area (Å²) in [6, 6.07) is 3.95. The Morgan fingerprint density at radius 2 is 2.31 bits per heavy atom. The maximum absolute atomic E-state index is 12.9. The zero-order valence-corrected chi connectivity index (χ0v) is 9.13. The van der Waals surface area contributed by atoms with Crippen LogP contribution in [0.3, 0.4) is 0 Å². The van der Waals surface area contributed by atoms with Crippen LogP contribution in [0.4, 0.5) is 10.1 Å². The monoisotopic (exact) mass is 226 g/mol. The maximum atomic E-state index is 12.9. The first-order chi connectivity index (χ1) is 7.67. The number of ether oxygens (including phenoxy) is 1. The molecule has 0 aliphatic rings. The van der Waals surface area contributed by atoms with Crippen LogP contribution in [0.25, 0.3) is 0 Å². The summed E-state index contributed by atoms with van der Waals surface area (Å²) in [6.45, 7) is 0.466. The number of nitrogens with one attached hydrogen (secondary N) is 1. The van der Waals surface area contributed by atoms with Crippen LogP contribution in [-0.4, -0.2) is 19.6 Å². The molecule has 1 aromatic rings. The maximum Gasteiger partial charge on any atom is 0.224 e. The van der Waals surface area contributed by atoms with Crippen LogP contribution in [0.2, 0.25) is 0 Å². The molecule has 0 atom stereocenters. The molecule has 0 radical (unpaired) electrons. The van der Waals surface area contributed by atoms with Gasteiger partial charge >= 0.3 is 0 Å². The Morgan fingerprint density at radius 3 is 2.94 bits per heavy atom. The molecule has 1 aromatic carbocycles. The zero-order valence-electron chi connectivity index (χ0n) is 9.13. The summed E-state index contributed by atoms with van der Waals surface area (Å²) in [5.74, 6) is -0.256. The molecule has 0 spiro atoms. The van der Waals surface area contributed by atoms with Crippen molar-refractivity contribution in [3.63, 3.8) is 0 Å². The highest BCUT2D eigenvalue weighted by molar-refractivity contribution is 5.92. The van der Waals surface area contributed by atoms with Crippen LogP contribution in [0, 0.1) is 5.82 Å². The first-order valence-electron chi connectivity index (χ1n) is 5.01. The number of carbonyl (C=O) groups is 1. The Morgan fingerprint density at radius 1 is 1.56 bits per heavy atom. The van der Waals surface area contributed by atoms with E-state index in [1.807, 2.05) is 0 Å². The summed E-state index contributed by atoms with van der Waals surface area (Å²) < 4.78 is 17.8. The first-order valence-corrected chi connectivity index (χ1v) is 5.01. The van der Waals surface area contributed by atoms with Gasteiger partial charge in [0.1, 0.15) is 11.6 Å². The fourth-order valence-corrected chi connectivity index (χ4v) is 1.24. The minimum absolute atomic E-state index is 0.157. The van der Waals surface area contributed by atoms with E-state index < -0.39 is 5.82 Å². The van der Waals surface area contributed by atoms with Gasteiger partial charge in [-0.05, 0) is 25.1 Å². The van der Waals surface area contributed by atoms with Gasteiger partial charge in [0.25, 0.3) is 0 Å². The SMILES string of the molecule is COc1cc(F)ccc1NC(=O)CCCN. The van der Waals surface area contributed by atoms with E-state index in [9.17, 15) is 9.18 Å². The Bertz CT molecular complexity index is 369. The van der Waals surface area contributed by atoms with Crippen LogP contribution in [0.1, 0.15) is 12.8 Å². The van der Waals surface area contributed by atoms with Gasteiger partial charge in [0.15, 0.2) is 0 Å². The number of rotatable bonds is 5. The van der Waals surface area contributed by atoms with Crippen molar-refractivity contribution in [1.82, 2.24) is 0 Å². The Balaban J connectivity index is 2.69. The van der Waals surface area contributed by atoms with E-state index in [4.69, 9.17) is 10.5 Å². The second-order valence-corrected chi connectivity index (χ2v) is 3.29.